The lowest BCUT2D eigenvalue weighted by atomic mass is 9.82. The van der Waals surface area contributed by atoms with Crippen LogP contribution in [0.25, 0.3) is 0 Å². The second kappa shape index (κ2) is 5.17. The average molecular weight is 193 g/mol. The predicted octanol–water partition coefficient (Wildman–Crippen LogP) is 3.00. The van der Waals surface area contributed by atoms with Crippen LogP contribution in [0.15, 0.2) is 18.4 Å². The van der Waals surface area contributed by atoms with Crippen molar-refractivity contribution in [3.8, 4) is 6.07 Å². The molecule has 0 radical (unpaired) electrons. The first-order chi connectivity index (χ1) is 6.31. The Morgan fingerprint density at radius 1 is 1.54 bits per heavy atom. The van der Waals surface area contributed by atoms with Gasteiger partial charge in [-0.2, -0.15) is 17.0 Å². The van der Waals surface area contributed by atoms with Crippen molar-refractivity contribution >= 4 is 11.8 Å². The topological polar surface area (TPSA) is 23.8 Å². The molecule has 0 aliphatic heterocycles. The van der Waals surface area contributed by atoms with Gasteiger partial charge in [-0.25, -0.2) is 0 Å². The van der Waals surface area contributed by atoms with Crippen LogP contribution in [0, 0.1) is 23.2 Å². The van der Waals surface area contributed by atoms with Gasteiger partial charge in [-0.15, -0.1) is 5.73 Å². The summed E-state index contributed by atoms with van der Waals surface area (Å²) in [4.78, 5) is 0. The van der Waals surface area contributed by atoms with Gasteiger partial charge in [0.15, 0.2) is 0 Å². The molecule has 1 nitrogen and oxygen atoms in total. The third kappa shape index (κ3) is 2.66. The molecule has 0 aromatic rings. The van der Waals surface area contributed by atoms with E-state index in [0.717, 1.165) is 19.3 Å². The molecule has 0 amide bonds. The Kier molecular flexibility index (Phi) is 4.15. The Balaban J connectivity index is 2.63. The predicted molar refractivity (Wildman–Crippen MR) is 57.5 cm³/mol. The van der Waals surface area contributed by atoms with Crippen LogP contribution in [0.5, 0.6) is 0 Å². The maximum absolute atomic E-state index is 8.83. The summed E-state index contributed by atoms with van der Waals surface area (Å²) in [6.07, 6.45) is 7.38. The van der Waals surface area contributed by atoms with Crippen molar-refractivity contribution in [1.29, 1.82) is 5.26 Å². The Bertz CT molecular complexity index is 247. The number of hydrogen-bond donors (Lipinski definition) is 0. The molecule has 0 aromatic heterocycles. The Hall–Kier alpha value is -0.640. The fourth-order valence-corrected chi connectivity index (χ4v) is 2.83. The van der Waals surface area contributed by atoms with E-state index >= 15 is 0 Å². The van der Waals surface area contributed by atoms with Crippen LogP contribution in [0.2, 0.25) is 0 Å². The van der Waals surface area contributed by atoms with Gasteiger partial charge in [0, 0.05) is 11.2 Å². The van der Waals surface area contributed by atoms with Crippen LogP contribution in [0.3, 0.4) is 0 Å². The van der Waals surface area contributed by atoms with E-state index in [9.17, 15) is 0 Å². The Labute approximate surface area is 84.5 Å². The number of hydrogen-bond acceptors (Lipinski definition) is 2. The first-order valence-electron chi connectivity index (χ1n) is 4.60. The van der Waals surface area contributed by atoms with E-state index in [1.54, 1.807) is 0 Å². The Morgan fingerprint density at radius 3 is 2.85 bits per heavy atom. The number of rotatable bonds is 2. The maximum atomic E-state index is 8.83. The monoisotopic (exact) mass is 193 g/mol. The van der Waals surface area contributed by atoms with Gasteiger partial charge in [0.1, 0.15) is 0 Å². The molecule has 0 spiro atoms. The quantitative estimate of drug-likeness (QED) is 0.629. The zero-order valence-corrected chi connectivity index (χ0v) is 8.81. The number of allylic oxidation sites excluding steroid dienone is 1. The second-order valence-electron chi connectivity index (χ2n) is 3.45. The van der Waals surface area contributed by atoms with E-state index in [2.05, 4.69) is 24.6 Å². The van der Waals surface area contributed by atoms with Gasteiger partial charge in [0.25, 0.3) is 0 Å². The van der Waals surface area contributed by atoms with E-state index in [-0.39, 0.29) is 5.92 Å². The van der Waals surface area contributed by atoms with E-state index in [1.165, 1.54) is 0 Å². The molecule has 0 heterocycles. The lowest BCUT2D eigenvalue weighted by Crippen LogP contribution is -2.24. The zero-order valence-electron chi connectivity index (χ0n) is 7.99. The highest BCUT2D eigenvalue weighted by Gasteiger charge is 2.28. The minimum Gasteiger partial charge on any atom is -0.198 e. The number of nitriles is 1. The molecular weight excluding hydrogens is 178 g/mol. The minimum absolute atomic E-state index is 0.248. The largest absolute Gasteiger partial charge is 0.198 e. The van der Waals surface area contributed by atoms with Gasteiger partial charge in [0.05, 0.1) is 6.07 Å². The summed E-state index contributed by atoms with van der Waals surface area (Å²) >= 11 is 1.90. The summed E-state index contributed by atoms with van der Waals surface area (Å²) in [6.45, 7) is 3.60. The van der Waals surface area contributed by atoms with E-state index in [0.29, 0.717) is 11.2 Å². The average Bonchev–Trinajstić information content (AvgIpc) is 2.18. The lowest BCUT2D eigenvalue weighted by molar-refractivity contribution is 0.369. The smallest absolute Gasteiger partial charge is 0.0656 e. The molecule has 0 saturated heterocycles. The highest BCUT2D eigenvalue weighted by molar-refractivity contribution is 7.99. The van der Waals surface area contributed by atoms with E-state index in [4.69, 9.17) is 5.26 Å². The molecule has 2 heteroatoms. The van der Waals surface area contributed by atoms with Crippen molar-refractivity contribution in [3.05, 3.63) is 18.4 Å². The third-order valence-corrected chi connectivity index (χ3v) is 3.84. The van der Waals surface area contributed by atoms with Crippen LogP contribution in [0.4, 0.5) is 0 Å². The van der Waals surface area contributed by atoms with Crippen molar-refractivity contribution < 1.29 is 0 Å². The van der Waals surface area contributed by atoms with Gasteiger partial charge in [-0.3, -0.25) is 0 Å². The van der Waals surface area contributed by atoms with Gasteiger partial charge in [0.2, 0.25) is 0 Å². The first-order valence-corrected chi connectivity index (χ1v) is 5.89. The summed E-state index contributed by atoms with van der Waals surface area (Å²) < 4.78 is 0. The molecule has 13 heavy (non-hydrogen) atoms. The third-order valence-electron chi connectivity index (χ3n) is 2.65. The van der Waals surface area contributed by atoms with Crippen LogP contribution in [0.1, 0.15) is 19.3 Å². The molecule has 1 rings (SSSR count). The van der Waals surface area contributed by atoms with Crippen molar-refractivity contribution in [1.82, 2.24) is 0 Å². The highest BCUT2D eigenvalue weighted by Crippen LogP contribution is 2.35. The molecule has 0 bridgehead atoms. The van der Waals surface area contributed by atoms with Crippen molar-refractivity contribution in [3.63, 3.8) is 0 Å². The molecule has 1 aliphatic carbocycles. The van der Waals surface area contributed by atoms with Crippen LogP contribution < -0.4 is 0 Å². The maximum Gasteiger partial charge on any atom is 0.0656 e. The molecule has 3 atom stereocenters. The molecule has 0 N–H and O–H groups in total. The molecule has 3 unspecified atom stereocenters. The minimum atomic E-state index is 0.248. The van der Waals surface area contributed by atoms with Crippen LogP contribution in [-0.2, 0) is 0 Å². The normalized spacial score (nSPS) is 33.1. The second-order valence-corrected chi connectivity index (χ2v) is 4.52. The van der Waals surface area contributed by atoms with Gasteiger partial charge in [-0.1, -0.05) is 6.58 Å². The van der Waals surface area contributed by atoms with E-state index in [1.807, 2.05) is 17.8 Å². The lowest BCUT2D eigenvalue weighted by Gasteiger charge is -2.30. The van der Waals surface area contributed by atoms with Crippen LogP contribution >= 0.6 is 11.8 Å². The molecule has 70 valence electrons. The fraction of sp³-hybridized carbons (Fsp3) is 0.636. The van der Waals surface area contributed by atoms with Gasteiger partial charge < -0.3 is 0 Å². The molecule has 0 aromatic carbocycles. The SMILES string of the molecule is C=C=CC1CC(C#N)CCC1SC. The number of nitrogens with zero attached hydrogens (tertiary/aromatic N) is 1. The van der Waals surface area contributed by atoms with E-state index < -0.39 is 0 Å². The van der Waals surface area contributed by atoms with Crippen molar-refractivity contribution in [2.45, 2.75) is 24.5 Å². The van der Waals surface area contributed by atoms with Gasteiger partial charge >= 0.3 is 0 Å². The Morgan fingerprint density at radius 2 is 2.31 bits per heavy atom. The van der Waals surface area contributed by atoms with Crippen molar-refractivity contribution in [2.75, 3.05) is 6.26 Å². The van der Waals surface area contributed by atoms with Gasteiger partial charge in [-0.05, 0) is 37.5 Å². The summed E-state index contributed by atoms with van der Waals surface area (Å²) in [5, 5.41) is 9.49. The fourth-order valence-electron chi connectivity index (χ4n) is 1.91. The standard InChI is InChI=1S/C11H15NS/c1-3-4-10-7-9(8-12)5-6-11(10)13-2/h4,9-11H,1,5-7H2,2H3. The molecular formula is C11H15NS. The molecule has 1 saturated carbocycles. The van der Waals surface area contributed by atoms with Crippen LogP contribution in [-0.4, -0.2) is 11.5 Å². The molecule has 1 fully saturated rings. The molecule has 1 aliphatic rings. The highest BCUT2D eigenvalue weighted by atomic mass is 32.2. The summed E-state index contributed by atoms with van der Waals surface area (Å²) in [7, 11) is 0. The first kappa shape index (κ1) is 10.4. The number of thioether (sulfide) groups is 1. The zero-order chi connectivity index (χ0) is 9.68. The summed E-state index contributed by atoms with van der Waals surface area (Å²) in [5.74, 6) is 0.754. The summed E-state index contributed by atoms with van der Waals surface area (Å²) in [5.41, 5.74) is 2.85. The van der Waals surface area contributed by atoms with Crippen molar-refractivity contribution in [2.24, 2.45) is 11.8 Å². The summed E-state index contributed by atoms with van der Waals surface area (Å²) in [6, 6.07) is 2.36.